The van der Waals surface area contributed by atoms with Gasteiger partial charge in [-0.05, 0) is 18.4 Å². The Bertz CT molecular complexity index is 804. The van der Waals surface area contributed by atoms with Crippen molar-refractivity contribution in [2.75, 3.05) is 0 Å². The quantitative estimate of drug-likeness (QED) is 0.859. The smallest absolute Gasteiger partial charge is 0.337 e. The van der Waals surface area contributed by atoms with Gasteiger partial charge < -0.3 is 5.11 Å². The van der Waals surface area contributed by atoms with Gasteiger partial charge in [0.25, 0.3) is 5.56 Å². The second-order valence-corrected chi connectivity index (χ2v) is 4.82. The summed E-state index contributed by atoms with van der Waals surface area (Å²) in [6.45, 7) is 4.22. The minimum Gasteiger partial charge on any atom is -0.478 e. The predicted octanol–water partition coefficient (Wildman–Crippen LogP) is 1.15. The van der Waals surface area contributed by atoms with Crippen LogP contribution in [-0.2, 0) is 13.0 Å². The third-order valence-electron chi connectivity index (χ3n) is 3.29. The molecular weight excluding hydrogens is 274 g/mol. The zero-order chi connectivity index (χ0) is 15.6. The molecular formula is C14H17N3O4. The summed E-state index contributed by atoms with van der Waals surface area (Å²) < 4.78 is 1.38. The van der Waals surface area contributed by atoms with Crippen LogP contribution in [-0.4, -0.2) is 25.6 Å². The van der Waals surface area contributed by atoms with Gasteiger partial charge in [0, 0.05) is 12.7 Å². The maximum atomic E-state index is 12.1. The molecule has 0 saturated heterocycles. The van der Waals surface area contributed by atoms with E-state index in [2.05, 4.69) is 9.97 Å². The average molecular weight is 291 g/mol. The summed E-state index contributed by atoms with van der Waals surface area (Å²) in [7, 11) is 0. The van der Waals surface area contributed by atoms with Crippen LogP contribution in [0.25, 0.3) is 11.0 Å². The highest BCUT2D eigenvalue weighted by molar-refractivity contribution is 5.94. The van der Waals surface area contributed by atoms with Crippen LogP contribution in [0.1, 0.15) is 42.6 Å². The lowest BCUT2D eigenvalue weighted by Crippen LogP contribution is -2.32. The number of aryl methyl sites for hydroxylation is 2. The van der Waals surface area contributed by atoms with Crippen molar-refractivity contribution in [2.24, 2.45) is 0 Å². The summed E-state index contributed by atoms with van der Waals surface area (Å²) in [5.41, 5.74) is -0.412. The molecule has 2 N–H and O–H groups in total. The number of hydrogen-bond donors (Lipinski definition) is 2. The molecule has 0 unspecified atom stereocenters. The Morgan fingerprint density at radius 3 is 2.62 bits per heavy atom. The summed E-state index contributed by atoms with van der Waals surface area (Å²) in [5.74, 6) is -1.12. The van der Waals surface area contributed by atoms with Crippen LogP contribution in [0.4, 0.5) is 0 Å². The standard InChI is InChI=1S/C14H17N3O4/c1-3-5-8-9(13(19)20)7-15-11-10(8)12(18)16-14(21)17(11)6-4-2/h7H,3-6H2,1-2H3,(H,19,20)(H,16,18,21). The highest BCUT2D eigenvalue weighted by Gasteiger charge is 2.18. The SMILES string of the molecule is CCCc1c(C(=O)O)cnc2c1c(=O)[nH]c(=O)n2CCC. The zero-order valence-electron chi connectivity index (χ0n) is 12.0. The first kappa shape index (κ1) is 15.0. The maximum Gasteiger partial charge on any atom is 0.337 e. The Morgan fingerprint density at radius 2 is 2.05 bits per heavy atom. The molecule has 0 spiro atoms. The molecule has 2 heterocycles. The Morgan fingerprint density at radius 1 is 1.33 bits per heavy atom. The fourth-order valence-corrected chi connectivity index (χ4v) is 2.43. The van der Waals surface area contributed by atoms with Gasteiger partial charge in [0.15, 0.2) is 0 Å². The van der Waals surface area contributed by atoms with Gasteiger partial charge in [-0.2, -0.15) is 0 Å². The predicted molar refractivity (Wildman–Crippen MR) is 77.9 cm³/mol. The van der Waals surface area contributed by atoms with Crippen molar-refractivity contribution in [1.29, 1.82) is 0 Å². The normalized spacial score (nSPS) is 11.0. The number of H-pyrrole nitrogens is 1. The monoisotopic (exact) mass is 291 g/mol. The molecule has 7 heteroatoms. The summed E-state index contributed by atoms with van der Waals surface area (Å²) in [6, 6.07) is 0. The van der Waals surface area contributed by atoms with Crippen molar-refractivity contribution < 1.29 is 9.90 Å². The lowest BCUT2D eigenvalue weighted by Gasteiger charge is -2.12. The third-order valence-corrected chi connectivity index (χ3v) is 3.29. The van der Waals surface area contributed by atoms with E-state index in [-0.39, 0.29) is 16.6 Å². The molecule has 7 nitrogen and oxygen atoms in total. The zero-order valence-corrected chi connectivity index (χ0v) is 12.0. The molecule has 2 aromatic heterocycles. The number of pyridine rings is 1. The van der Waals surface area contributed by atoms with Crippen molar-refractivity contribution in [2.45, 2.75) is 39.7 Å². The molecule has 0 saturated carbocycles. The number of carboxylic acid groups (broad SMARTS) is 1. The van der Waals surface area contributed by atoms with Crippen molar-refractivity contribution in [3.05, 3.63) is 38.2 Å². The largest absolute Gasteiger partial charge is 0.478 e. The van der Waals surface area contributed by atoms with Crippen LogP contribution >= 0.6 is 0 Å². The van der Waals surface area contributed by atoms with Crippen molar-refractivity contribution >= 4 is 17.0 Å². The molecule has 0 fully saturated rings. The number of carboxylic acids is 1. The fourth-order valence-electron chi connectivity index (χ4n) is 2.43. The van der Waals surface area contributed by atoms with E-state index in [1.54, 1.807) is 0 Å². The molecule has 2 aromatic rings. The first-order valence-electron chi connectivity index (χ1n) is 6.89. The highest BCUT2D eigenvalue weighted by Crippen LogP contribution is 2.18. The van der Waals surface area contributed by atoms with Gasteiger partial charge in [-0.25, -0.2) is 14.6 Å². The second-order valence-electron chi connectivity index (χ2n) is 4.82. The first-order chi connectivity index (χ1) is 10.0. The van der Waals surface area contributed by atoms with Crippen LogP contribution in [0.5, 0.6) is 0 Å². The maximum absolute atomic E-state index is 12.1. The van der Waals surface area contributed by atoms with Gasteiger partial charge in [0.2, 0.25) is 0 Å². The third kappa shape index (κ3) is 2.58. The molecule has 0 atom stereocenters. The van der Waals surface area contributed by atoms with Gasteiger partial charge in [-0.3, -0.25) is 14.3 Å². The van der Waals surface area contributed by atoms with Gasteiger partial charge in [0.05, 0.1) is 10.9 Å². The van der Waals surface area contributed by atoms with Gasteiger partial charge in [-0.15, -0.1) is 0 Å². The number of aromatic nitrogens is 3. The van der Waals surface area contributed by atoms with Crippen molar-refractivity contribution in [3.63, 3.8) is 0 Å². The van der Waals surface area contributed by atoms with Crippen molar-refractivity contribution in [1.82, 2.24) is 14.5 Å². The highest BCUT2D eigenvalue weighted by atomic mass is 16.4. The minimum atomic E-state index is -1.12. The number of nitrogens with zero attached hydrogens (tertiary/aromatic N) is 2. The first-order valence-corrected chi connectivity index (χ1v) is 6.89. The van der Waals surface area contributed by atoms with E-state index < -0.39 is 17.2 Å². The Balaban J connectivity index is 2.95. The number of rotatable bonds is 5. The molecule has 21 heavy (non-hydrogen) atoms. The minimum absolute atomic E-state index is 0.0107. The van der Waals surface area contributed by atoms with E-state index in [1.807, 2.05) is 13.8 Å². The molecule has 2 rings (SSSR count). The van der Waals surface area contributed by atoms with Crippen molar-refractivity contribution in [3.8, 4) is 0 Å². The van der Waals surface area contributed by atoms with Crippen LogP contribution in [0.15, 0.2) is 15.8 Å². The topological polar surface area (TPSA) is 105 Å². The van der Waals surface area contributed by atoms with Gasteiger partial charge in [0.1, 0.15) is 5.65 Å². The second kappa shape index (κ2) is 5.90. The molecule has 0 aromatic carbocycles. The lowest BCUT2D eigenvalue weighted by molar-refractivity contribution is 0.0695. The molecule has 0 amide bonds. The van der Waals surface area contributed by atoms with Crippen LogP contribution in [0.3, 0.4) is 0 Å². The number of aromatic amines is 1. The Hall–Kier alpha value is -2.44. The average Bonchev–Trinajstić information content (AvgIpc) is 2.43. The Kier molecular flexibility index (Phi) is 4.21. The van der Waals surface area contributed by atoms with E-state index in [1.165, 1.54) is 10.8 Å². The summed E-state index contributed by atoms with van der Waals surface area (Å²) in [6.07, 6.45) is 3.05. The van der Waals surface area contributed by atoms with E-state index in [4.69, 9.17) is 0 Å². The molecule has 112 valence electrons. The van der Waals surface area contributed by atoms with Crippen LogP contribution in [0, 0.1) is 0 Å². The van der Waals surface area contributed by atoms with Gasteiger partial charge in [-0.1, -0.05) is 20.3 Å². The molecule has 0 aliphatic heterocycles. The van der Waals surface area contributed by atoms with E-state index in [0.29, 0.717) is 31.4 Å². The summed E-state index contributed by atoms with van der Waals surface area (Å²) >= 11 is 0. The number of fused-ring (bicyclic) bond motifs is 1. The molecule has 0 aliphatic carbocycles. The van der Waals surface area contributed by atoms with E-state index >= 15 is 0 Å². The van der Waals surface area contributed by atoms with Gasteiger partial charge >= 0.3 is 11.7 Å². The summed E-state index contributed by atoms with van der Waals surface area (Å²) in [5, 5.41) is 9.45. The molecule has 0 aliphatic rings. The number of nitrogens with one attached hydrogen (secondary N) is 1. The fraction of sp³-hybridized carbons (Fsp3) is 0.429. The lowest BCUT2D eigenvalue weighted by atomic mass is 10.0. The summed E-state index contributed by atoms with van der Waals surface area (Å²) in [4.78, 5) is 41.6. The molecule has 0 bridgehead atoms. The number of carbonyl (C=O) groups is 1. The number of hydrogen-bond acceptors (Lipinski definition) is 4. The number of aromatic carboxylic acids is 1. The van der Waals surface area contributed by atoms with Crippen LogP contribution < -0.4 is 11.2 Å². The van der Waals surface area contributed by atoms with Crippen LogP contribution in [0.2, 0.25) is 0 Å². The van der Waals surface area contributed by atoms with E-state index in [9.17, 15) is 19.5 Å². The van der Waals surface area contributed by atoms with E-state index in [0.717, 1.165) is 0 Å². The molecule has 0 radical (unpaired) electrons. The Labute approximate surface area is 120 Å².